The summed E-state index contributed by atoms with van der Waals surface area (Å²) < 4.78 is 62.8. The summed E-state index contributed by atoms with van der Waals surface area (Å²) in [7, 11) is -2.32. The first-order valence-electron chi connectivity index (χ1n) is 6.99. The lowest BCUT2D eigenvalue weighted by Crippen LogP contribution is -2.21. The lowest BCUT2D eigenvalue weighted by molar-refractivity contribution is -0.137. The predicted octanol–water partition coefficient (Wildman–Crippen LogP) is 1.82. The van der Waals surface area contributed by atoms with Gasteiger partial charge >= 0.3 is 6.18 Å². The van der Waals surface area contributed by atoms with E-state index in [1.54, 1.807) is 0 Å². The second-order valence-corrected chi connectivity index (χ2v) is 7.89. The third kappa shape index (κ3) is 4.01. The predicted molar refractivity (Wildman–Crippen MR) is 84.2 cm³/mol. The molecule has 0 bridgehead atoms. The molecule has 0 aliphatic carbocycles. The standard InChI is InChI=1S/C15H15F3N2O4S/c1-8-12(14(22)20(2)19-8)13(21)11-5-4-10(15(16,17)18)6-9(11)7-25(3,23)24/h4-6,19H,7H2,1-3H3. The molecule has 0 aliphatic rings. The molecule has 2 aromatic rings. The number of carbonyl (C=O) groups excluding carboxylic acids is 1. The lowest BCUT2D eigenvalue weighted by atomic mass is 9.97. The van der Waals surface area contributed by atoms with Crippen molar-refractivity contribution in [1.29, 1.82) is 0 Å². The van der Waals surface area contributed by atoms with Gasteiger partial charge in [-0.1, -0.05) is 6.07 Å². The number of hydrogen-bond acceptors (Lipinski definition) is 4. The Morgan fingerprint density at radius 1 is 1.28 bits per heavy atom. The van der Waals surface area contributed by atoms with Crippen molar-refractivity contribution in [2.45, 2.75) is 18.9 Å². The number of nitrogens with zero attached hydrogens (tertiary/aromatic N) is 1. The summed E-state index contributed by atoms with van der Waals surface area (Å²) in [6.07, 6.45) is -3.84. The van der Waals surface area contributed by atoms with E-state index >= 15 is 0 Å². The maximum absolute atomic E-state index is 12.9. The molecule has 0 saturated carbocycles. The largest absolute Gasteiger partial charge is 0.416 e. The van der Waals surface area contributed by atoms with E-state index < -0.39 is 38.7 Å². The summed E-state index contributed by atoms with van der Waals surface area (Å²) in [6, 6.07) is 2.21. The number of nitrogens with one attached hydrogen (secondary N) is 1. The van der Waals surface area contributed by atoms with Crippen LogP contribution < -0.4 is 5.56 Å². The molecule has 0 amide bonds. The van der Waals surface area contributed by atoms with E-state index in [-0.39, 0.29) is 22.4 Å². The van der Waals surface area contributed by atoms with Gasteiger partial charge in [-0.25, -0.2) is 8.42 Å². The molecule has 0 saturated heterocycles. The van der Waals surface area contributed by atoms with E-state index in [1.807, 2.05) is 0 Å². The SMILES string of the molecule is Cc1[nH]n(C)c(=O)c1C(=O)c1ccc(C(F)(F)F)cc1CS(C)(=O)=O. The van der Waals surface area contributed by atoms with Crippen molar-refractivity contribution < 1.29 is 26.4 Å². The number of ketones is 1. The van der Waals surface area contributed by atoms with Crippen molar-refractivity contribution in [3.63, 3.8) is 0 Å². The van der Waals surface area contributed by atoms with Gasteiger partial charge in [-0.15, -0.1) is 0 Å². The van der Waals surface area contributed by atoms with E-state index in [4.69, 9.17) is 0 Å². The third-order valence-electron chi connectivity index (χ3n) is 3.55. The summed E-state index contributed by atoms with van der Waals surface area (Å²) in [5.74, 6) is -1.58. The van der Waals surface area contributed by atoms with Gasteiger partial charge in [0.2, 0.25) is 5.78 Å². The molecular weight excluding hydrogens is 361 g/mol. The Labute approximate surface area is 141 Å². The summed E-state index contributed by atoms with van der Waals surface area (Å²) in [5.41, 5.74) is -2.27. The number of sulfone groups is 1. The molecule has 25 heavy (non-hydrogen) atoms. The van der Waals surface area contributed by atoms with Crippen LogP contribution in [0.5, 0.6) is 0 Å². The molecule has 0 fully saturated rings. The number of carbonyl (C=O) groups is 1. The highest BCUT2D eigenvalue weighted by molar-refractivity contribution is 7.89. The van der Waals surface area contributed by atoms with Gasteiger partial charge in [0.05, 0.1) is 11.3 Å². The highest BCUT2D eigenvalue weighted by Crippen LogP contribution is 2.31. The molecule has 2 rings (SSSR count). The molecule has 0 atom stereocenters. The molecule has 0 spiro atoms. The van der Waals surface area contributed by atoms with E-state index in [2.05, 4.69) is 5.10 Å². The molecule has 1 heterocycles. The van der Waals surface area contributed by atoms with Gasteiger partial charge in [-0.05, 0) is 24.6 Å². The molecule has 0 unspecified atom stereocenters. The molecule has 0 aliphatic heterocycles. The number of alkyl halides is 3. The van der Waals surface area contributed by atoms with Crippen LogP contribution in [0.25, 0.3) is 0 Å². The number of rotatable bonds is 4. The van der Waals surface area contributed by atoms with Crippen LogP contribution in [0, 0.1) is 6.92 Å². The fourth-order valence-electron chi connectivity index (χ4n) is 2.48. The van der Waals surface area contributed by atoms with Gasteiger partial charge in [0, 0.05) is 24.6 Å². The quantitative estimate of drug-likeness (QED) is 0.825. The smallest absolute Gasteiger partial charge is 0.299 e. The van der Waals surface area contributed by atoms with Gasteiger partial charge in [-0.2, -0.15) is 13.2 Å². The summed E-state index contributed by atoms with van der Waals surface area (Å²) in [5, 5.41) is 2.61. The fraction of sp³-hybridized carbons (Fsp3) is 0.333. The maximum Gasteiger partial charge on any atom is 0.416 e. The molecule has 0 radical (unpaired) electrons. The summed E-state index contributed by atoms with van der Waals surface area (Å²) in [6.45, 7) is 1.47. The topological polar surface area (TPSA) is 89.0 Å². The zero-order valence-corrected chi connectivity index (χ0v) is 14.4. The van der Waals surface area contributed by atoms with Crippen LogP contribution in [0.2, 0.25) is 0 Å². The van der Waals surface area contributed by atoms with E-state index in [0.29, 0.717) is 12.1 Å². The molecule has 136 valence electrons. The molecule has 1 aromatic heterocycles. The molecule has 1 N–H and O–H groups in total. The monoisotopic (exact) mass is 376 g/mol. The first-order chi connectivity index (χ1) is 11.3. The third-order valence-corrected chi connectivity index (χ3v) is 4.39. The van der Waals surface area contributed by atoms with Crippen molar-refractivity contribution >= 4 is 15.6 Å². The zero-order valence-electron chi connectivity index (χ0n) is 13.6. The van der Waals surface area contributed by atoms with Gasteiger partial charge < -0.3 is 0 Å². The number of hydrogen-bond donors (Lipinski definition) is 1. The highest BCUT2D eigenvalue weighted by Gasteiger charge is 2.32. The first-order valence-corrected chi connectivity index (χ1v) is 9.05. The zero-order chi connectivity index (χ0) is 19.2. The molecule has 1 aromatic carbocycles. The van der Waals surface area contributed by atoms with Crippen LogP contribution in [-0.4, -0.2) is 30.2 Å². The minimum absolute atomic E-state index is 0.239. The van der Waals surface area contributed by atoms with Crippen molar-refractivity contribution in [1.82, 2.24) is 9.78 Å². The minimum atomic E-state index is -4.69. The second kappa shape index (κ2) is 6.17. The Morgan fingerprint density at radius 3 is 2.32 bits per heavy atom. The average molecular weight is 376 g/mol. The minimum Gasteiger partial charge on any atom is -0.299 e. The average Bonchev–Trinajstić information content (AvgIpc) is 2.68. The molecule has 10 heteroatoms. The number of halogens is 3. The van der Waals surface area contributed by atoms with E-state index in [0.717, 1.165) is 17.0 Å². The van der Waals surface area contributed by atoms with Crippen LogP contribution >= 0.6 is 0 Å². The highest BCUT2D eigenvalue weighted by atomic mass is 32.2. The molecule has 6 nitrogen and oxygen atoms in total. The number of aromatic amines is 1. The molecular formula is C15H15F3N2O4S. The van der Waals surface area contributed by atoms with Gasteiger partial charge in [0.1, 0.15) is 5.56 Å². The van der Waals surface area contributed by atoms with Crippen LogP contribution in [0.15, 0.2) is 23.0 Å². The van der Waals surface area contributed by atoms with Crippen LogP contribution in [0.1, 0.15) is 32.7 Å². The van der Waals surface area contributed by atoms with Gasteiger partial charge in [0.15, 0.2) is 9.84 Å². The van der Waals surface area contributed by atoms with Gasteiger partial charge in [-0.3, -0.25) is 19.4 Å². The van der Waals surface area contributed by atoms with Crippen molar-refractivity contribution in [3.05, 3.63) is 56.5 Å². The Morgan fingerprint density at radius 2 is 1.88 bits per heavy atom. The Kier molecular flexibility index (Phi) is 4.69. The van der Waals surface area contributed by atoms with Crippen molar-refractivity contribution in [2.75, 3.05) is 6.26 Å². The maximum atomic E-state index is 12.9. The van der Waals surface area contributed by atoms with Gasteiger partial charge in [0.25, 0.3) is 5.56 Å². The lowest BCUT2D eigenvalue weighted by Gasteiger charge is -2.12. The summed E-state index contributed by atoms with van der Waals surface area (Å²) >= 11 is 0. The van der Waals surface area contributed by atoms with E-state index in [9.17, 15) is 31.2 Å². The van der Waals surface area contributed by atoms with Crippen molar-refractivity contribution in [2.24, 2.45) is 7.05 Å². The van der Waals surface area contributed by atoms with Crippen LogP contribution in [-0.2, 0) is 28.8 Å². The Bertz CT molecular complexity index is 1000. The van der Waals surface area contributed by atoms with Crippen molar-refractivity contribution in [3.8, 4) is 0 Å². The first kappa shape index (κ1) is 19.0. The number of benzene rings is 1. The number of aromatic nitrogens is 2. The normalized spacial score (nSPS) is 12.4. The van der Waals surface area contributed by atoms with Crippen LogP contribution in [0.4, 0.5) is 13.2 Å². The second-order valence-electron chi connectivity index (χ2n) is 5.74. The number of aryl methyl sites for hydroxylation is 2. The van der Waals surface area contributed by atoms with E-state index in [1.165, 1.54) is 14.0 Å². The summed E-state index contributed by atoms with van der Waals surface area (Å²) in [4.78, 5) is 24.7. The Balaban J connectivity index is 2.67. The fourth-order valence-corrected chi connectivity index (χ4v) is 3.29. The Hall–Kier alpha value is -2.36. The van der Waals surface area contributed by atoms with Crippen LogP contribution in [0.3, 0.4) is 0 Å². The number of H-pyrrole nitrogens is 1.